The molecule has 0 bridgehead atoms. The van der Waals surface area contributed by atoms with Gasteiger partial charge in [0.25, 0.3) is 5.91 Å². The summed E-state index contributed by atoms with van der Waals surface area (Å²) in [5.74, 6) is -0.0126. The zero-order chi connectivity index (χ0) is 19.3. The van der Waals surface area contributed by atoms with Crippen LogP contribution in [0.25, 0.3) is 22.2 Å². The van der Waals surface area contributed by atoms with Gasteiger partial charge in [-0.05, 0) is 29.8 Å². The number of benzene rings is 2. The third kappa shape index (κ3) is 2.95. The summed E-state index contributed by atoms with van der Waals surface area (Å²) in [4.78, 5) is 29.4. The number of aromatic amines is 1. The highest BCUT2D eigenvalue weighted by molar-refractivity contribution is 6.32. The molecule has 0 spiro atoms. The lowest BCUT2D eigenvalue weighted by molar-refractivity contribution is -0.124. The van der Waals surface area contributed by atoms with Gasteiger partial charge in [0.2, 0.25) is 5.91 Å². The fourth-order valence-corrected chi connectivity index (χ4v) is 4.27. The van der Waals surface area contributed by atoms with Crippen molar-refractivity contribution >= 4 is 34.3 Å². The molecule has 142 valence electrons. The molecule has 1 saturated heterocycles. The fraction of sp³-hybridized carbons (Fsp3) is 0.238. The van der Waals surface area contributed by atoms with E-state index in [9.17, 15) is 9.59 Å². The number of piperazine rings is 1. The van der Waals surface area contributed by atoms with Crippen LogP contribution < -0.4 is 10.6 Å². The van der Waals surface area contributed by atoms with Crippen molar-refractivity contribution in [3.8, 4) is 11.3 Å². The standard InChI is InChI=1S/C21H19ClN4O2/c22-16-3-2-14(20-15(16)9-24-21(20)28)18-8-13-7-12(1-4-17(13)25-18)10-26-6-5-23-19(27)11-26/h1-4,7-8,25H,5-6,9-11H2,(H,23,27)(H,24,28). The zero-order valence-corrected chi connectivity index (χ0v) is 15.9. The van der Waals surface area contributed by atoms with Gasteiger partial charge in [-0.15, -0.1) is 0 Å². The Morgan fingerprint density at radius 3 is 2.82 bits per heavy atom. The topological polar surface area (TPSA) is 77.2 Å². The second-order valence-electron chi connectivity index (χ2n) is 7.30. The maximum atomic E-state index is 12.3. The quantitative estimate of drug-likeness (QED) is 0.639. The lowest BCUT2D eigenvalue weighted by Crippen LogP contribution is -2.47. The number of fused-ring (bicyclic) bond motifs is 2. The van der Waals surface area contributed by atoms with Crippen LogP contribution in [0.1, 0.15) is 21.5 Å². The number of halogens is 1. The Hall–Kier alpha value is -2.83. The van der Waals surface area contributed by atoms with Crippen molar-refractivity contribution in [1.82, 2.24) is 20.5 Å². The highest BCUT2D eigenvalue weighted by atomic mass is 35.5. The van der Waals surface area contributed by atoms with Gasteiger partial charge in [0.05, 0.1) is 12.1 Å². The SMILES string of the molecule is O=C1CN(Cc2ccc3[nH]c(-c4ccc(Cl)c5c4C(=O)NC5)cc3c2)CCN1. The molecule has 3 aromatic rings. The molecular weight excluding hydrogens is 376 g/mol. The van der Waals surface area contributed by atoms with E-state index in [1.165, 1.54) is 0 Å². The van der Waals surface area contributed by atoms with E-state index in [2.05, 4.69) is 44.8 Å². The normalized spacial score (nSPS) is 16.9. The number of carbonyl (C=O) groups excluding carboxylic acids is 2. The second-order valence-corrected chi connectivity index (χ2v) is 7.70. The lowest BCUT2D eigenvalue weighted by atomic mass is 10.0. The molecule has 0 saturated carbocycles. The van der Waals surface area contributed by atoms with Crippen molar-refractivity contribution in [2.24, 2.45) is 0 Å². The van der Waals surface area contributed by atoms with Crippen molar-refractivity contribution in [2.75, 3.05) is 19.6 Å². The maximum Gasteiger partial charge on any atom is 0.252 e. The Kier molecular flexibility index (Phi) is 4.10. The van der Waals surface area contributed by atoms with E-state index in [1.807, 2.05) is 12.1 Å². The average molecular weight is 395 g/mol. The van der Waals surface area contributed by atoms with Crippen LogP contribution in [0, 0.1) is 0 Å². The molecule has 0 atom stereocenters. The summed E-state index contributed by atoms with van der Waals surface area (Å²) < 4.78 is 0. The molecular formula is C21H19ClN4O2. The van der Waals surface area contributed by atoms with Crippen LogP contribution in [-0.2, 0) is 17.9 Å². The van der Waals surface area contributed by atoms with Crippen LogP contribution in [0.5, 0.6) is 0 Å². The third-order valence-corrected chi connectivity index (χ3v) is 5.76. The van der Waals surface area contributed by atoms with Crippen molar-refractivity contribution < 1.29 is 9.59 Å². The largest absolute Gasteiger partial charge is 0.355 e. The molecule has 5 rings (SSSR count). The van der Waals surface area contributed by atoms with Crippen LogP contribution in [0.15, 0.2) is 36.4 Å². The Balaban J connectivity index is 1.49. The summed E-state index contributed by atoms with van der Waals surface area (Å²) in [6.07, 6.45) is 0. The smallest absolute Gasteiger partial charge is 0.252 e. The van der Waals surface area contributed by atoms with E-state index in [-0.39, 0.29) is 11.8 Å². The van der Waals surface area contributed by atoms with E-state index >= 15 is 0 Å². The van der Waals surface area contributed by atoms with Crippen LogP contribution in [0.2, 0.25) is 5.02 Å². The summed E-state index contributed by atoms with van der Waals surface area (Å²) in [6, 6.07) is 12.1. The molecule has 6 nitrogen and oxygen atoms in total. The molecule has 3 N–H and O–H groups in total. The Labute approximate surface area is 166 Å². The lowest BCUT2D eigenvalue weighted by Gasteiger charge is -2.26. The molecule has 2 aromatic carbocycles. The van der Waals surface area contributed by atoms with Gasteiger partial charge in [-0.1, -0.05) is 23.7 Å². The number of amides is 2. The Bertz CT molecular complexity index is 1120. The zero-order valence-electron chi connectivity index (χ0n) is 15.1. The van der Waals surface area contributed by atoms with E-state index in [0.717, 1.165) is 46.4 Å². The van der Waals surface area contributed by atoms with Crippen LogP contribution in [0.4, 0.5) is 0 Å². The fourth-order valence-electron chi connectivity index (χ4n) is 4.05. The number of rotatable bonds is 3. The molecule has 2 aliphatic heterocycles. The van der Waals surface area contributed by atoms with Gasteiger partial charge in [0.1, 0.15) is 0 Å². The van der Waals surface area contributed by atoms with Gasteiger partial charge in [0.15, 0.2) is 0 Å². The molecule has 2 amide bonds. The van der Waals surface area contributed by atoms with Gasteiger partial charge in [-0.25, -0.2) is 0 Å². The minimum absolute atomic E-state index is 0.0751. The van der Waals surface area contributed by atoms with Crippen molar-refractivity contribution in [2.45, 2.75) is 13.1 Å². The summed E-state index contributed by atoms with van der Waals surface area (Å²) in [5, 5.41) is 7.39. The summed E-state index contributed by atoms with van der Waals surface area (Å²) in [5.41, 5.74) is 5.43. The van der Waals surface area contributed by atoms with E-state index in [1.54, 1.807) is 0 Å². The summed E-state index contributed by atoms with van der Waals surface area (Å²) in [6.45, 7) is 3.19. The molecule has 7 heteroatoms. The first-order valence-electron chi connectivity index (χ1n) is 9.29. The molecule has 2 aliphatic rings. The van der Waals surface area contributed by atoms with Crippen LogP contribution in [-0.4, -0.2) is 41.3 Å². The van der Waals surface area contributed by atoms with E-state index in [4.69, 9.17) is 11.6 Å². The van der Waals surface area contributed by atoms with E-state index < -0.39 is 0 Å². The van der Waals surface area contributed by atoms with Gasteiger partial charge in [-0.3, -0.25) is 14.5 Å². The predicted octanol–water partition coefficient (Wildman–Crippen LogP) is 2.66. The average Bonchev–Trinajstić information content (AvgIpc) is 3.26. The predicted molar refractivity (Wildman–Crippen MR) is 108 cm³/mol. The van der Waals surface area contributed by atoms with Crippen molar-refractivity contribution in [3.05, 3.63) is 58.1 Å². The third-order valence-electron chi connectivity index (χ3n) is 5.41. The molecule has 3 heterocycles. The number of hydrogen-bond donors (Lipinski definition) is 3. The number of hydrogen-bond acceptors (Lipinski definition) is 3. The Morgan fingerprint density at radius 1 is 1.07 bits per heavy atom. The second kappa shape index (κ2) is 6.65. The van der Waals surface area contributed by atoms with Crippen LogP contribution >= 0.6 is 11.6 Å². The summed E-state index contributed by atoms with van der Waals surface area (Å²) >= 11 is 6.26. The van der Waals surface area contributed by atoms with Gasteiger partial charge in [-0.2, -0.15) is 0 Å². The van der Waals surface area contributed by atoms with Crippen LogP contribution in [0.3, 0.4) is 0 Å². The van der Waals surface area contributed by atoms with Gasteiger partial charge < -0.3 is 15.6 Å². The number of carbonyl (C=O) groups is 2. The minimum Gasteiger partial charge on any atom is -0.355 e. The molecule has 1 fully saturated rings. The monoisotopic (exact) mass is 394 g/mol. The first-order chi connectivity index (χ1) is 13.6. The summed E-state index contributed by atoms with van der Waals surface area (Å²) in [7, 11) is 0. The van der Waals surface area contributed by atoms with Gasteiger partial charge in [0, 0.05) is 58.9 Å². The number of nitrogens with one attached hydrogen (secondary N) is 3. The maximum absolute atomic E-state index is 12.3. The molecule has 0 radical (unpaired) electrons. The molecule has 0 unspecified atom stereocenters. The first kappa shape index (κ1) is 17.3. The highest BCUT2D eigenvalue weighted by Gasteiger charge is 2.26. The molecule has 0 aliphatic carbocycles. The first-order valence-corrected chi connectivity index (χ1v) is 9.67. The molecule has 28 heavy (non-hydrogen) atoms. The Morgan fingerprint density at radius 2 is 1.96 bits per heavy atom. The van der Waals surface area contributed by atoms with E-state index in [0.29, 0.717) is 30.2 Å². The van der Waals surface area contributed by atoms with Crippen molar-refractivity contribution in [1.29, 1.82) is 0 Å². The minimum atomic E-state index is -0.0878. The van der Waals surface area contributed by atoms with Crippen molar-refractivity contribution in [3.63, 3.8) is 0 Å². The molecule has 1 aromatic heterocycles. The number of nitrogens with zero attached hydrogens (tertiary/aromatic N) is 1. The number of aromatic nitrogens is 1. The van der Waals surface area contributed by atoms with Gasteiger partial charge >= 0.3 is 0 Å². The highest BCUT2D eigenvalue weighted by Crippen LogP contribution is 2.34. The number of H-pyrrole nitrogens is 1.